The van der Waals surface area contributed by atoms with Gasteiger partial charge in [-0.05, 0) is 12.8 Å². The van der Waals surface area contributed by atoms with Crippen LogP contribution in [0.4, 0.5) is 0 Å². The molecule has 0 spiro atoms. The molecule has 6 heteroatoms. The van der Waals surface area contributed by atoms with E-state index in [2.05, 4.69) is 29.9 Å². The van der Waals surface area contributed by atoms with E-state index in [4.69, 9.17) is 10.2 Å². The molecule has 135 valence electrons. The monoisotopic (exact) mass is 401 g/mol. The standard InChI is InChI=1S/C8H16O2.C8H15O2.Co.Mn/c2*1-3-5-6-7(4-2)8(9)10;;/h7H,3-6H2,1-2H3,(H,9,10);6-7H,3-5H2,1-2H3,(H,9,10);;. The van der Waals surface area contributed by atoms with Gasteiger partial charge in [0.15, 0.2) is 0 Å². The van der Waals surface area contributed by atoms with E-state index in [0.29, 0.717) is 6.42 Å². The van der Waals surface area contributed by atoms with E-state index in [9.17, 15) is 9.59 Å². The third kappa shape index (κ3) is 13.6. The zero-order valence-electron chi connectivity index (χ0n) is 14.1. The van der Waals surface area contributed by atoms with Crippen LogP contribution in [0.5, 0.6) is 0 Å². The van der Waals surface area contributed by atoms with Crippen LogP contribution >= 0.6 is 0 Å². The Morgan fingerprint density at radius 2 is 1.45 bits per heavy atom. The summed E-state index contributed by atoms with van der Waals surface area (Å²) in [7, 11) is 0. The number of rotatable bonds is 10. The first-order valence-electron chi connectivity index (χ1n) is 7.95. The fraction of sp³-hybridized carbons (Fsp3) is 0.875. The molecule has 0 fully saturated rings. The van der Waals surface area contributed by atoms with Crippen molar-refractivity contribution in [3.05, 3.63) is 0 Å². The summed E-state index contributed by atoms with van der Waals surface area (Å²) >= 11 is 3.38. The minimum atomic E-state index is -0.692. The second kappa shape index (κ2) is 17.3. The SMILES string of the molecule is CCCCC(CC)C(=O)O.CCC[CH]([Mn])C(CC)C(=O)O.[Co]. The van der Waals surface area contributed by atoms with Gasteiger partial charge in [-0.15, -0.1) is 0 Å². The average molecular weight is 401 g/mol. The predicted octanol–water partition coefficient (Wildman–Crippen LogP) is 4.52. The molecule has 0 aliphatic heterocycles. The number of carboxylic acid groups (broad SMARTS) is 2. The Hall–Kier alpha value is -0.0340. The second-order valence-corrected chi connectivity index (χ2v) is 6.12. The first-order valence-corrected chi connectivity index (χ1v) is 8.63. The molecule has 0 aromatic rings. The molecule has 0 aliphatic carbocycles. The van der Waals surface area contributed by atoms with Crippen LogP contribution in [-0.2, 0) is 42.4 Å². The van der Waals surface area contributed by atoms with Crippen molar-refractivity contribution in [2.45, 2.75) is 77.5 Å². The number of aliphatic carboxylic acids is 2. The van der Waals surface area contributed by atoms with Gasteiger partial charge in [0, 0.05) is 16.8 Å². The van der Waals surface area contributed by atoms with E-state index in [1.165, 1.54) is 0 Å². The predicted molar refractivity (Wildman–Crippen MR) is 81.0 cm³/mol. The Balaban J connectivity index is -0.000000315. The van der Waals surface area contributed by atoms with E-state index in [1.54, 1.807) is 0 Å². The molecule has 0 saturated carbocycles. The summed E-state index contributed by atoms with van der Waals surface area (Å²) in [6.45, 7) is 7.97. The van der Waals surface area contributed by atoms with E-state index >= 15 is 0 Å². The fourth-order valence-electron chi connectivity index (χ4n) is 2.01. The van der Waals surface area contributed by atoms with Gasteiger partial charge in [0.2, 0.25) is 0 Å². The Morgan fingerprint density at radius 3 is 1.73 bits per heavy atom. The van der Waals surface area contributed by atoms with Crippen LogP contribution in [-0.4, -0.2) is 22.2 Å². The zero-order chi connectivity index (χ0) is 16.8. The summed E-state index contributed by atoms with van der Waals surface area (Å²) in [5.74, 6) is -1.67. The maximum Gasteiger partial charge on any atom is 0 e. The maximum absolute atomic E-state index is 10.6. The van der Waals surface area contributed by atoms with E-state index in [1.807, 2.05) is 13.8 Å². The van der Waals surface area contributed by atoms with Gasteiger partial charge < -0.3 is 5.11 Å². The van der Waals surface area contributed by atoms with Crippen LogP contribution in [0.15, 0.2) is 0 Å². The van der Waals surface area contributed by atoms with Gasteiger partial charge in [0.25, 0.3) is 0 Å². The van der Waals surface area contributed by atoms with Gasteiger partial charge in [0.1, 0.15) is 0 Å². The maximum atomic E-state index is 10.6. The molecule has 0 aliphatic rings. The smallest absolute Gasteiger partial charge is 0 e. The van der Waals surface area contributed by atoms with Crippen molar-refractivity contribution >= 4 is 11.9 Å². The van der Waals surface area contributed by atoms with Crippen LogP contribution in [0.25, 0.3) is 0 Å². The average Bonchev–Trinajstić information content (AvgIpc) is 2.40. The summed E-state index contributed by atoms with van der Waals surface area (Å²) in [6, 6.07) is 0. The van der Waals surface area contributed by atoms with Crippen LogP contribution < -0.4 is 0 Å². The number of hydrogen-bond acceptors (Lipinski definition) is 2. The van der Waals surface area contributed by atoms with Crippen LogP contribution in [0.1, 0.15) is 72.6 Å². The normalized spacial score (nSPS) is 13.9. The Kier molecular flexibility index (Phi) is 21.1. The van der Waals surface area contributed by atoms with Gasteiger partial charge in [0.05, 0.1) is 5.92 Å². The molecule has 4 nitrogen and oxygen atoms in total. The van der Waals surface area contributed by atoms with Crippen LogP contribution in [0.3, 0.4) is 0 Å². The van der Waals surface area contributed by atoms with Crippen molar-refractivity contribution in [2.75, 3.05) is 0 Å². The van der Waals surface area contributed by atoms with E-state index in [-0.39, 0.29) is 33.4 Å². The molecule has 0 rings (SSSR count). The topological polar surface area (TPSA) is 74.6 Å². The van der Waals surface area contributed by atoms with Crippen molar-refractivity contribution in [3.8, 4) is 0 Å². The molecular weight excluding hydrogens is 370 g/mol. The van der Waals surface area contributed by atoms with Crippen molar-refractivity contribution in [1.82, 2.24) is 0 Å². The molecule has 0 saturated heterocycles. The van der Waals surface area contributed by atoms with Crippen LogP contribution in [0.2, 0.25) is 4.82 Å². The van der Waals surface area contributed by atoms with Crippen LogP contribution in [0, 0.1) is 11.8 Å². The van der Waals surface area contributed by atoms with Gasteiger partial charge in [-0.1, -0.05) is 26.7 Å². The molecular formula is C16H31CoMnO4. The summed E-state index contributed by atoms with van der Waals surface area (Å²) < 4.78 is 0. The third-order valence-electron chi connectivity index (χ3n) is 3.51. The molecule has 0 bridgehead atoms. The fourth-order valence-corrected chi connectivity index (χ4v) is 2.80. The Bertz CT molecular complexity index is 287. The van der Waals surface area contributed by atoms with Gasteiger partial charge >= 0.3 is 81.7 Å². The molecule has 3 atom stereocenters. The zero-order valence-corrected chi connectivity index (χ0v) is 16.3. The third-order valence-corrected chi connectivity index (χ3v) is 4.32. The molecule has 2 N–H and O–H groups in total. The molecule has 0 heterocycles. The van der Waals surface area contributed by atoms with Crippen molar-refractivity contribution in [2.24, 2.45) is 11.8 Å². The quantitative estimate of drug-likeness (QED) is 0.528. The first kappa shape index (κ1) is 26.8. The number of carboxylic acids is 2. The van der Waals surface area contributed by atoms with Gasteiger partial charge in [-0.25, -0.2) is 0 Å². The molecule has 0 amide bonds. The van der Waals surface area contributed by atoms with Gasteiger partial charge in [-0.3, -0.25) is 4.79 Å². The Morgan fingerprint density at radius 1 is 0.909 bits per heavy atom. The molecule has 0 aromatic carbocycles. The van der Waals surface area contributed by atoms with Crippen molar-refractivity contribution in [3.63, 3.8) is 0 Å². The summed E-state index contributed by atoms with van der Waals surface area (Å²) in [5.41, 5.74) is 0. The molecule has 1 radical (unpaired) electrons. The Labute approximate surface area is 153 Å². The largest absolute Gasteiger partial charge is 0 e. The van der Waals surface area contributed by atoms with Crippen molar-refractivity contribution in [1.29, 1.82) is 0 Å². The second-order valence-electron chi connectivity index (χ2n) is 5.24. The summed E-state index contributed by atoms with van der Waals surface area (Å²) in [5, 5.41) is 17.3. The van der Waals surface area contributed by atoms with Gasteiger partial charge in [-0.2, -0.15) is 0 Å². The number of unbranched alkanes of at least 4 members (excludes halogenated alkanes) is 1. The summed E-state index contributed by atoms with van der Waals surface area (Å²) in [4.78, 5) is 21.2. The first-order chi connectivity index (χ1) is 9.85. The number of hydrogen-bond donors (Lipinski definition) is 2. The minimum Gasteiger partial charge on any atom is 0 e. The minimum absolute atomic E-state index is 0. The van der Waals surface area contributed by atoms with E-state index in [0.717, 1.165) is 38.5 Å². The summed E-state index contributed by atoms with van der Waals surface area (Å²) in [6.07, 6.45) is 6.38. The molecule has 22 heavy (non-hydrogen) atoms. The van der Waals surface area contributed by atoms with Crippen molar-refractivity contribution < 1.29 is 52.6 Å². The van der Waals surface area contributed by atoms with E-state index < -0.39 is 11.9 Å². The number of carbonyl (C=O) groups is 2. The molecule has 0 aromatic heterocycles. The molecule has 3 unspecified atom stereocenters.